The molecule has 0 aliphatic rings. The van der Waals surface area contributed by atoms with E-state index < -0.39 is 0 Å². The highest BCUT2D eigenvalue weighted by Gasteiger charge is 2.00. The fourth-order valence-electron chi connectivity index (χ4n) is 1.95. The van der Waals surface area contributed by atoms with Crippen molar-refractivity contribution in [3.8, 4) is 6.07 Å². The summed E-state index contributed by atoms with van der Waals surface area (Å²) in [4.78, 5) is 5.24. The summed E-state index contributed by atoms with van der Waals surface area (Å²) in [5.74, 6) is 0.850. The summed E-state index contributed by atoms with van der Waals surface area (Å²) in [6.45, 7) is 4.13. The molecule has 0 radical (unpaired) electrons. The predicted molar refractivity (Wildman–Crippen MR) is 87.0 cm³/mol. The maximum atomic E-state index is 8.86. The second-order valence-electron chi connectivity index (χ2n) is 4.77. The maximum absolute atomic E-state index is 8.86. The third-order valence-electron chi connectivity index (χ3n) is 3.00. The van der Waals surface area contributed by atoms with Gasteiger partial charge in [-0.15, -0.1) is 11.8 Å². The zero-order valence-electron chi connectivity index (χ0n) is 12.2. The van der Waals surface area contributed by atoms with Crippen LogP contribution in [0.5, 0.6) is 0 Å². The Hall–Kier alpha value is -1.83. The van der Waals surface area contributed by atoms with Crippen LogP contribution in [-0.4, -0.2) is 11.5 Å². The lowest BCUT2D eigenvalue weighted by molar-refractivity contribution is 0.674. The first-order chi connectivity index (χ1) is 10.3. The van der Waals surface area contributed by atoms with E-state index in [-0.39, 0.29) is 0 Å². The van der Waals surface area contributed by atoms with Crippen LogP contribution in [0.15, 0.2) is 47.5 Å². The van der Waals surface area contributed by atoms with Crippen LogP contribution in [-0.2, 0) is 12.3 Å². The van der Waals surface area contributed by atoms with Crippen molar-refractivity contribution < 1.29 is 0 Å². The lowest BCUT2D eigenvalue weighted by Gasteiger charge is -2.06. The van der Waals surface area contributed by atoms with Crippen LogP contribution in [0, 0.1) is 11.3 Å². The quantitative estimate of drug-likeness (QED) is 0.624. The molecule has 0 aliphatic heterocycles. The Labute approximate surface area is 130 Å². The Bertz CT molecular complexity index is 619. The number of nitrogens with zero attached hydrogens (tertiary/aromatic N) is 2. The van der Waals surface area contributed by atoms with Crippen molar-refractivity contribution >= 4 is 11.8 Å². The van der Waals surface area contributed by atoms with Crippen molar-refractivity contribution in [1.29, 1.82) is 5.26 Å². The summed E-state index contributed by atoms with van der Waals surface area (Å²) in [6.07, 6.45) is 2.84. The highest BCUT2D eigenvalue weighted by Crippen LogP contribution is 2.23. The molecule has 0 saturated heterocycles. The molecule has 0 aliphatic carbocycles. The van der Waals surface area contributed by atoms with Gasteiger partial charge in [0.1, 0.15) is 11.8 Å². The summed E-state index contributed by atoms with van der Waals surface area (Å²) in [7, 11) is 0. The van der Waals surface area contributed by atoms with Gasteiger partial charge in [0, 0.05) is 23.4 Å². The average Bonchev–Trinajstić information content (AvgIpc) is 2.54. The van der Waals surface area contributed by atoms with Crippen molar-refractivity contribution in [3.05, 3.63) is 59.4 Å². The molecule has 0 amide bonds. The summed E-state index contributed by atoms with van der Waals surface area (Å²) < 4.78 is 0. The minimum absolute atomic E-state index is 0.477. The van der Waals surface area contributed by atoms with Crippen molar-refractivity contribution in [2.24, 2.45) is 0 Å². The first-order valence-electron chi connectivity index (χ1n) is 7.09. The van der Waals surface area contributed by atoms with Gasteiger partial charge in [0.05, 0.1) is 0 Å². The Kier molecular flexibility index (Phi) is 6.26. The molecule has 0 spiro atoms. The minimum Gasteiger partial charge on any atom is -0.313 e. The number of aromatic nitrogens is 1. The van der Waals surface area contributed by atoms with Gasteiger partial charge in [-0.1, -0.05) is 19.1 Å². The minimum atomic E-state index is 0.477. The maximum Gasteiger partial charge on any atom is 0.140 e. The van der Waals surface area contributed by atoms with Gasteiger partial charge in [0.2, 0.25) is 0 Å². The van der Waals surface area contributed by atoms with Crippen molar-refractivity contribution in [3.63, 3.8) is 0 Å². The molecule has 0 bridgehead atoms. The van der Waals surface area contributed by atoms with Crippen LogP contribution in [0.2, 0.25) is 0 Å². The first kappa shape index (κ1) is 15.6. The summed E-state index contributed by atoms with van der Waals surface area (Å²) in [5.41, 5.74) is 2.91. The molecule has 3 nitrogen and oxygen atoms in total. The Balaban J connectivity index is 1.93. The highest BCUT2D eigenvalue weighted by atomic mass is 32.2. The van der Waals surface area contributed by atoms with Gasteiger partial charge in [-0.05, 0) is 48.4 Å². The highest BCUT2D eigenvalue weighted by molar-refractivity contribution is 7.98. The second kappa shape index (κ2) is 8.46. The topological polar surface area (TPSA) is 48.7 Å². The number of hydrogen-bond donors (Lipinski definition) is 1. The molecule has 2 aromatic rings. The summed E-state index contributed by atoms with van der Waals surface area (Å²) >= 11 is 1.78. The van der Waals surface area contributed by atoms with Crippen LogP contribution in [0.4, 0.5) is 0 Å². The molecular weight excluding hydrogens is 278 g/mol. The molecule has 0 saturated carbocycles. The van der Waals surface area contributed by atoms with Gasteiger partial charge in [-0.2, -0.15) is 5.26 Å². The Morgan fingerprint density at radius 1 is 1.24 bits per heavy atom. The normalized spacial score (nSPS) is 10.3. The Morgan fingerprint density at radius 3 is 2.95 bits per heavy atom. The van der Waals surface area contributed by atoms with Crippen LogP contribution in [0.25, 0.3) is 0 Å². The standard InChI is InChI=1S/C17H19N3S/c1-2-7-19-12-14-4-3-5-17(10-14)21-13-15-6-8-20-16(9-15)11-18/h3-6,8-10,19H,2,7,12-13H2,1H3. The number of rotatable bonds is 7. The monoisotopic (exact) mass is 297 g/mol. The number of pyridine rings is 1. The molecule has 108 valence electrons. The second-order valence-corrected chi connectivity index (χ2v) is 5.82. The number of benzene rings is 1. The molecule has 0 fully saturated rings. The average molecular weight is 297 g/mol. The molecule has 4 heteroatoms. The van der Waals surface area contributed by atoms with Gasteiger partial charge in [-0.3, -0.25) is 0 Å². The lowest BCUT2D eigenvalue weighted by Crippen LogP contribution is -2.13. The third kappa shape index (κ3) is 5.22. The first-order valence-corrected chi connectivity index (χ1v) is 8.08. The van der Waals surface area contributed by atoms with E-state index in [2.05, 4.69) is 47.6 Å². The van der Waals surface area contributed by atoms with Gasteiger partial charge in [0.25, 0.3) is 0 Å². The van der Waals surface area contributed by atoms with Crippen molar-refractivity contribution in [2.45, 2.75) is 30.5 Å². The summed E-state index contributed by atoms with van der Waals surface area (Å²) in [6, 6.07) is 14.5. The molecule has 0 atom stereocenters. The fraction of sp³-hybridized carbons (Fsp3) is 0.294. The van der Waals surface area contributed by atoms with E-state index in [1.807, 2.05) is 12.1 Å². The van der Waals surface area contributed by atoms with Crippen molar-refractivity contribution in [2.75, 3.05) is 6.54 Å². The van der Waals surface area contributed by atoms with Crippen LogP contribution < -0.4 is 5.32 Å². The Morgan fingerprint density at radius 2 is 2.14 bits per heavy atom. The van der Waals surface area contributed by atoms with E-state index in [9.17, 15) is 0 Å². The van der Waals surface area contributed by atoms with E-state index in [4.69, 9.17) is 5.26 Å². The van der Waals surface area contributed by atoms with Gasteiger partial charge >= 0.3 is 0 Å². The third-order valence-corrected chi connectivity index (χ3v) is 4.06. The molecule has 21 heavy (non-hydrogen) atoms. The van der Waals surface area contributed by atoms with Gasteiger partial charge < -0.3 is 5.32 Å². The van der Waals surface area contributed by atoms with E-state index in [1.54, 1.807) is 18.0 Å². The van der Waals surface area contributed by atoms with Crippen LogP contribution in [0.3, 0.4) is 0 Å². The zero-order chi connectivity index (χ0) is 14.9. The summed E-state index contributed by atoms with van der Waals surface area (Å²) in [5, 5.41) is 12.3. The SMILES string of the molecule is CCCNCc1cccc(SCc2ccnc(C#N)c2)c1. The number of nitriles is 1. The van der Waals surface area contributed by atoms with E-state index in [0.29, 0.717) is 5.69 Å². The smallest absolute Gasteiger partial charge is 0.140 e. The number of thioether (sulfide) groups is 1. The predicted octanol–water partition coefficient (Wildman–Crippen LogP) is 3.75. The van der Waals surface area contributed by atoms with E-state index >= 15 is 0 Å². The van der Waals surface area contributed by atoms with E-state index in [1.165, 1.54) is 10.5 Å². The molecule has 1 N–H and O–H groups in total. The molecule has 1 heterocycles. The van der Waals surface area contributed by atoms with Crippen LogP contribution >= 0.6 is 11.8 Å². The fourth-order valence-corrected chi connectivity index (χ4v) is 2.87. The largest absolute Gasteiger partial charge is 0.313 e. The van der Waals surface area contributed by atoms with E-state index in [0.717, 1.165) is 30.8 Å². The van der Waals surface area contributed by atoms with Crippen LogP contribution in [0.1, 0.15) is 30.2 Å². The lowest BCUT2D eigenvalue weighted by atomic mass is 10.2. The number of nitrogens with one attached hydrogen (secondary N) is 1. The van der Waals surface area contributed by atoms with Gasteiger partial charge in [-0.25, -0.2) is 4.98 Å². The molecule has 0 unspecified atom stereocenters. The van der Waals surface area contributed by atoms with Gasteiger partial charge in [0.15, 0.2) is 0 Å². The molecule has 1 aromatic carbocycles. The zero-order valence-corrected chi connectivity index (χ0v) is 13.0. The molecule has 2 rings (SSSR count). The molecule has 1 aromatic heterocycles. The molecular formula is C17H19N3S. The number of hydrogen-bond acceptors (Lipinski definition) is 4. The van der Waals surface area contributed by atoms with Crippen molar-refractivity contribution in [1.82, 2.24) is 10.3 Å².